The van der Waals surface area contributed by atoms with Crippen molar-refractivity contribution in [3.63, 3.8) is 0 Å². The third kappa shape index (κ3) is 5.94. The van der Waals surface area contributed by atoms with Crippen molar-refractivity contribution in [2.75, 3.05) is 6.61 Å². The summed E-state index contributed by atoms with van der Waals surface area (Å²) < 4.78 is 6.78. The topological polar surface area (TPSA) is 29.5 Å². The van der Waals surface area contributed by atoms with Crippen LogP contribution in [0.5, 0.6) is 0 Å². The first-order valence-electron chi connectivity index (χ1n) is 15.2. The van der Waals surface area contributed by atoms with Crippen molar-refractivity contribution in [1.29, 1.82) is 0 Å². The molecule has 2 heteroatoms. The Bertz CT molecular complexity index is 1310. The molecule has 4 aromatic carbocycles. The monoisotopic (exact) mass is 530 g/mol. The van der Waals surface area contributed by atoms with Gasteiger partial charge in [-0.05, 0) is 90.9 Å². The van der Waals surface area contributed by atoms with Crippen LogP contribution < -0.4 is 0 Å². The molecule has 2 nitrogen and oxygen atoms in total. The molecule has 0 aromatic heterocycles. The molecule has 0 spiro atoms. The maximum Gasteiger partial charge on any atom is 0.0945 e. The number of ether oxygens (including phenoxy) is 1. The molecule has 4 aromatic rings. The van der Waals surface area contributed by atoms with Gasteiger partial charge in [0.15, 0.2) is 0 Å². The molecule has 1 heterocycles. The van der Waals surface area contributed by atoms with Gasteiger partial charge >= 0.3 is 0 Å². The van der Waals surface area contributed by atoms with Crippen LogP contribution in [0.15, 0.2) is 121 Å². The molecule has 0 radical (unpaired) electrons. The van der Waals surface area contributed by atoms with E-state index in [4.69, 9.17) is 4.74 Å². The lowest BCUT2D eigenvalue weighted by Crippen LogP contribution is -2.63. The van der Waals surface area contributed by atoms with E-state index in [1.807, 2.05) is 0 Å². The highest BCUT2D eigenvalue weighted by Gasteiger charge is 2.58. The molecule has 1 aliphatic heterocycles. The number of aliphatic hydroxyl groups is 1. The zero-order valence-corrected chi connectivity index (χ0v) is 23.4. The van der Waals surface area contributed by atoms with Crippen molar-refractivity contribution < 1.29 is 9.84 Å². The lowest BCUT2D eigenvalue weighted by atomic mass is 9.53. The number of fused-ring (bicyclic) bond motifs is 1. The first kappa shape index (κ1) is 27.0. The molecule has 2 aliphatic rings. The fourth-order valence-electron chi connectivity index (χ4n) is 7.82. The van der Waals surface area contributed by atoms with Gasteiger partial charge in [-0.25, -0.2) is 0 Å². The minimum atomic E-state index is -0.863. The lowest BCUT2D eigenvalue weighted by molar-refractivity contribution is -0.211. The molecule has 1 aliphatic carbocycles. The van der Waals surface area contributed by atoms with Gasteiger partial charge in [-0.2, -0.15) is 0 Å². The summed E-state index contributed by atoms with van der Waals surface area (Å²) >= 11 is 0. The van der Waals surface area contributed by atoms with Crippen LogP contribution >= 0.6 is 0 Å². The maximum absolute atomic E-state index is 12.9. The van der Waals surface area contributed by atoms with Crippen molar-refractivity contribution in [2.45, 2.75) is 56.7 Å². The van der Waals surface area contributed by atoms with E-state index in [-0.39, 0.29) is 17.9 Å². The third-order valence-corrected chi connectivity index (χ3v) is 9.65. The molecule has 40 heavy (non-hydrogen) atoms. The van der Waals surface area contributed by atoms with Crippen molar-refractivity contribution in [3.05, 3.63) is 144 Å². The summed E-state index contributed by atoms with van der Waals surface area (Å²) in [5.74, 6) is 1.03. The molecule has 6 rings (SSSR count). The van der Waals surface area contributed by atoms with Crippen LogP contribution in [0.3, 0.4) is 0 Å². The van der Waals surface area contributed by atoms with Gasteiger partial charge in [0.2, 0.25) is 0 Å². The predicted molar refractivity (Wildman–Crippen MR) is 163 cm³/mol. The van der Waals surface area contributed by atoms with Gasteiger partial charge in [0.1, 0.15) is 0 Å². The van der Waals surface area contributed by atoms with Crippen LogP contribution in [0.25, 0.3) is 0 Å². The zero-order chi connectivity index (χ0) is 27.2. The summed E-state index contributed by atoms with van der Waals surface area (Å²) in [6, 6.07) is 43.7. The van der Waals surface area contributed by atoms with E-state index >= 15 is 0 Å². The first-order chi connectivity index (χ1) is 19.7. The molecular weight excluding hydrogens is 488 g/mol. The summed E-state index contributed by atoms with van der Waals surface area (Å²) in [6.07, 6.45) is 6.42. The van der Waals surface area contributed by atoms with E-state index in [9.17, 15) is 5.11 Å². The number of hydrogen-bond donors (Lipinski definition) is 1. The molecule has 0 amide bonds. The lowest BCUT2D eigenvalue weighted by Gasteiger charge is -2.56. The molecule has 0 bridgehead atoms. The predicted octanol–water partition coefficient (Wildman–Crippen LogP) is 7.74. The van der Waals surface area contributed by atoms with E-state index in [0.717, 1.165) is 51.6 Å². The highest BCUT2D eigenvalue weighted by Crippen LogP contribution is 2.53. The van der Waals surface area contributed by atoms with Crippen LogP contribution in [0, 0.1) is 23.7 Å². The Morgan fingerprint density at radius 3 is 1.45 bits per heavy atom. The Morgan fingerprint density at radius 1 is 0.525 bits per heavy atom. The zero-order valence-electron chi connectivity index (χ0n) is 23.4. The Balaban J connectivity index is 1.49. The Hall–Kier alpha value is -3.20. The van der Waals surface area contributed by atoms with Crippen molar-refractivity contribution >= 4 is 0 Å². The summed E-state index contributed by atoms with van der Waals surface area (Å²) in [7, 11) is 0. The average Bonchev–Trinajstić information content (AvgIpc) is 3.21. The molecule has 1 unspecified atom stereocenters. The van der Waals surface area contributed by atoms with Crippen molar-refractivity contribution in [3.8, 4) is 0 Å². The number of rotatable bonds is 8. The number of hydrogen-bond acceptors (Lipinski definition) is 2. The highest BCUT2D eigenvalue weighted by molar-refractivity contribution is 5.25. The molecule has 1 N–H and O–H groups in total. The van der Waals surface area contributed by atoms with Crippen LogP contribution in [0.2, 0.25) is 0 Å². The van der Waals surface area contributed by atoms with Gasteiger partial charge in [-0.3, -0.25) is 0 Å². The van der Waals surface area contributed by atoms with Crippen LogP contribution in [-0.4, -0.2) is 23.4 Å². The standard InChI is InChI=1S/C38H42O2/c39-38-23-13-14-24-40-37(38)35(27-31-19-9-3-10-20-31)33(25-29-15-5-1-6-16-29)34(26-30-17-7-2-8-18-30)36(38)28-32-21-11-4-12-22-32/h1-12,15-22,33-37,39H,13-14,23-28H2/t33-,34-,35+,36+,37?,38+/m0/s1. The van der Waals surface area contributed by atoms with E-state index in [2.05, 4.69) is 121 Å². The minimum absolute atomic E-state index is 0.110. The fraction of sp³-hybridized carbons (Fsp3) is 0.368. The average molecular weight is 531 g/mol. The fourth-order valence-corrected chi connectivity index (χ4v) is 7.82. The van der Waals surface area contributed by atoms with E-state index in [0.29, 0.717) is 11.8 Å². The van der Waals surface area contributed by atoms with Crippen LogP contribution in [0.1, 0.15) is 41.5 Å². The second-order valence-electron chi connectivity index (χ2n) is 12.1. The third-order valence-electron chi connectivity index (χ3n) is 9.65. The van der Waals surface area contributed by atoms with E-state index < -0.39 is 5.60 Å². The van der Waals surface area contributed by atoms with Crippen molar-refractivity contribution in [2.24, 2.45) is 23.7 Å². The molecule has 1 saturated carbocycles. The van der Waals surface area contributed by atoms with Gasteiger partial charge in [0.25, 0.3) is 0 Å². The largest absolute Gasteiger partial charge is 0.387 e. The second kappa shape index (κ2) is 12.5. The minimum Gasteiger partial charge on any atom is -0.387 e. The van der Waals surface area contributed by atoms with Gasteiger partial charge in [0, 0.05) is 6.61 Å². The van der Waals surface area contributed by atoms with E-state index in [1.54, 1.807) is 0 Å². The van der Waals surface area contributed by atoms with E-state index in [1.165, 1.54) is 22.3 Å². The summed E-state index contributed by atoms with van der Waals surface area (Å²) in [4.78, 5) is 0. The smallest absolute Gasteiger partial charge is 0.0945 e. The van der Waals surface area contributed by atoms with Gasteiger partial charge in [0.05, 0.1) is 11.7 Å². The molecule has 6 atom stereocenters. The summed E-state index contributed by atoms with van der Waals surface area (Å²) in [5, 5.41) is 12.9. The maximum atomic E-state index is 12.9. The molecular formula is C38H42O2. The Kier molecular flexibility index (Phi) is 8.46. The highest BCUT2D eigenvalue weighted by atomic mass is 16.5. The molecule has 206 valence electrons. The van der Waals surface area contributed by atoms with Crippen molar-refractivity contribution in [1.82, 2.24) is 0 Å². The second-order valence-corrected chi connectivity index (χ2v) is 12.1. The molecule has 1 saturated heterocycles. The Morgan fingerprint density at radius 2 is 0.950 bits per heavy atom. The molecule has 2 fully saturated rings. The summed E-state index contributed by atoms with van der Waals surface area (Å²) in [5.41, 5.74) is 4.51. The Labute approximate surface area is 240 Å². The van der Waals surface area contributed by atoms with Crippen LogP contribution in [-0.2, 0) is 30.4 Å². The summed E-state index contributed by atoms with van der Waals surface area (Å²) in [6.45, 7) is 0.734. The quantitative estimate of drug-likeness (QED) is 0.253. The van der Waals surface area contributed by atoms with Crippen LogP contribution in [0.4, 0.5) is 0 Å². The van der Waals surface area contributed by atoms with Gasteiger partial charge in [-0.1, -0.05) is 121 Å². The number of benzene rings is 4. The van der Waals surface area contributed by atoms with Gasteiger partial charge in [-0.15, -0.1) is 0 Å². The normalized spacial score (nSPS) is 28.4. The first-order valence-corrected chi connectivity index (χ1v) is 15.2. The SMILES string of the molecule is O[C@@]12CCCCOC1[C@H](Cc1ccccc1)[C@@H](Cc1ccccc1)[C@H](Cc1ccccc1)[C@H]2Cc1ccccc1. The van der Waals surface area contributed by atoms with Gasteiger partial charge < -0.3 is 9.84 Å².